The number of aryl methyl sites for hydroxylation is 1. The maximum absolute atomic E-state index is 12.0. The molecule has 0 radical (unpaired) electrons. The molecule has 2 amide bonds. The summed E-state index contributed by atoms with van der Waals surface area (Å²) in [6.45, 7) is 6.70. The van der Waals surface area contributed by atoms with E-state index in [0.717, 1.165) is 21.1 Å². The molecule has 130 valence electrons. The quantitative estimate of drug-likeness (QED) is 0.681. The lowest BCUT2D eigenvalue weighted by molar-refractivity contribution is 0.0453. The smallest absolute Gasteiger partial charge is 0.319 e. The number of aromatic nitrogens is 1. The fraction of sp³-hybridized carbons (Fsp3) is 0.412. The number of nitrogens with one attached hydrogen (secondary N) is 2. The fourth-order valence-electron chi connectivity index (χ4n) is 2.02. The van der Waals surface area contributed by atoms with E-state index >= 15 is 0 Å². The van der Waals surface area contributed by atoms with Crippen LogP contribution in [0.3, 0.4) is 0 Å². The summed E-state index contributed by atoms with van der Waals surface area (Å²) < 4.78 is 10.7. The third-order valence-corrected chi connectivity index (χ3v) is 4.03. The second-order valence-electron chi connectivity index (χ2n) is 5.10. The van der Waals surface area contributed by atoms with E-state index < -0.39 is 0 Å². The second-order valence-corrected chi connectivity index (χ2v) is 6.42. The van der Waals surface area contributed by atoms with Crippen molar-refractivity contribution in [3.8, 4) is 0 Å². The van der Waals surface area contributed by atoms with Crippen LogP contribution in [-0.4, -0.2) is 30.8 Å². The maximum Gasteiger partial charge on any atom is 0.319 e. The van der Waals surface area contributed by atoms with Gasteiger partial charge in [-0.15, -0.1) is 11.3 Å². The molecule has 1 heterocycles. The van der Waals surface area contributed by atoms with Crippen LogP contribution in [0.4, 0.5) is 10.5 Å². The van der Waals surface area contributed by atoms with E-state index in [0.29, 0.717) is 33.0 Å². The van der Waals surface area contributed by atoms with Crippen LogP contribution in [0.2, 0.25) is 0 Å². The van der Waals surface area contributed by atoms with Gasteiger partial charge in [-0.2, -0.15) is 0 Å². The molecule has 1 aromatic heterocycles. The van der Waals surface area contributed by atoms with Crippen LogP contribution in [0.5, 0.6) is 0 Å². The first-order chi connectivity index (χ1) is 11.7. The molecule has 0 aliphatic rings. The summed E-state index contributed by atoms with van der Waals surface area (Å²) in [6, 6.07) is 7.36. The second kappa shape index (κ2) is 10.0. The number of urea groups is 1. The van der Waals surface area contributed by atoms with Gasteiger partial charge in [-0.1, -0.05) is 12.1 Å². The molecule has 1 aromatic carbocycles. The first kappa shape index (κ1) is 18.4. The Kier molecular flexibility index (Phi) is 7.67. The van der Waals surface area contributed by atoms with Crippen LogP contribution in [-0.2, 0) is 22.6 Å². The van der Waals surface area contributed by atoms with Crippen molar-refractivity contribution in [3.63, 3.8) is 0 Å². The highest BCUT2D eigenvalue weighted by Gasteiger charge is 2.04. The number of carbonyl (C=O) groups excluding carboxylic acids is 1. The Morgan fingerprint density at radius 2 is 2.12 bits per heavy atom. The van der Waals surface area contributed by atoms with Crippen molar-refractivity contribution in [2.45, 2.75) is 27.0 Å². The monoisotopic (exact) mass is 349 g/mol. The standard InChI is InChI=1S/C17H23N3O3S/c1-3-22-7-8-23-12-14-5-4-6-15(9-14)20-17(21)19-11-16-10-18-13(2)24-16/h4-6,9-10H,3,7-8,11-12H2,1-2H3,(H2,19,20,21). The molecular weight excluding hydrogens is 326 g/mol. The van der Waals surface area contributed by atoms with Crippen molar-refractivity contribution in [1.82, 2.24) is 10.3 Å². The zero-order chi connectivity index (χ0) is 17.2. The average molecular weight is 349 g/mol. The normalized spacial score (nSPS) is 10.6. The molecule has 2 aromatic rings. The number of amides is 2. The molecule has 0 aliphatic heterocycles. The van der Waals surface area contributed by atoms with E-state index in [1.165, 1.54) is 0 Å². The van der Waals surface area contributed by atoms with Crippen molar-refractivity contribution >= 4 is 23.1 Å². The minimum atomic E-state index is -0.240. The van der Waals surface area contributed by atoms with Crippen molar-refractivity contribution in [1.29, 1.82) is 0 Å². The van der Waals surface area contributed by atoms with Gasteiger partial charge < -0.3 is 20.1 Å². The predicted octanol–water partition coefficient (Wildman–Crippen LogP) is 3.33. The Morgan fingerprint density at radius 1 is 1.29 bits per heavy atom. The molecule has 0 saturated carbocycles. The number of nitrogens with zero attached hydrogens (tertiary/aromatic N) is 1. The van der Waals surface area contributed by atoms with Crippen molar-refractivity contribution in [2.75, 3.05) is 25.1 Å². The SMILES string of the molecule is CCOCCOCc1cccc(NC(=O)NCc2cnc(C)s2)c1. The van der Waals surface area contributed by atoms with Gasteiger partial charge in [0.15, 0.2) is 0 Å². The number of hydrogen-bond donors (Lipinski definition) is 2. The van der Waals surface area contributed by atoms with Crippen LogP contribution >= 0.6 is 11.3 Å². The van der Waals surface area contributed by atoms with E-state index in [1.54, 1.807) is 17.5 Å². The number of thiazole rings is 1. The number of ether oxygens (including phenoxy) is 2. The molecule has 0 saturated heterocycles. The highest BCUT2D eigenvalue weighted by molar-refractivity contribution is 7.11. The summed E-state index contributed by atoms with van der Waals surface area (Å²) in [6.07, 6.45) is 1.78. The summed E-state index contributed by atoms with van der Waals surface area (Å²) >= 11 is 1.57. The van der Waals surface area contributed by atoms with Crippen molar-refractivity contribution < 1.29 is 14.3 Å². The molecule has 24 heavy (non-hydrogen) atoms. The number of anilines is 1. The lowest BCUT2D eigenvalue weighted by atomic mass is 10.2. The molecule has 0 fully saturated rings. The third-order valence-electron chi connectivity index (χ3n) is 3.12. The Bertz CT molecular complexity index is 646. The number of rotatable bonds is 9. The Hall–Kier alpha value is -1.96. The minimum absolute atomic E-state index is 0.240. The van der Waals surface area contributed by atoms with Gasteiger partial charge in [-0.05, 0) is 31.5 Å². The zero-order valence-electron chi connectivity index (χ0n) is 14.0. The largest absolute Gasteiger partial charge is 0.379 e. The molecule has 7 heteroatoms. The first-order valence-corrected chi connectivity index (χ1v) is 8.69. The number of carbonyl (C=O) groups is 1. The average Bonchev–Trinajstić information content (AvgIpc) is 2.99. The topological polar surface area (TPSA) is 72.5 Å². The summed E-state index contributed by atoms with van der Waals surface area (Å²) in [5, 5.41) is 6.63. The fourth-order valence-corrected chi connectivity index (χ4v) is 2.76. The number of benzene rings is 1. The van der Waals surface area contributed by atoms with E-state index in [2.05, 4.69) is 15.6 Å². The summed E-state index contributed by atoms with van der Waals surface area (Å²) in [5.41, 5.74) is 1.74. The molecule has 2 rings (SSSR count). The van der Waals surface area contributed by atoms with Gasteiger partial charge in [0.1, 0.15) is 0 Å². The van der Waals surface area contributed by atoms with E-state index in [1.807, 2.05) is 38.1 Å². The molecule has 0 aliphatic carbocycles. The molecule has 6 nitrogen and oxygen atoms in total. The zero-order valence-corrected chi connectivity index (χ0v) is 14.8. The third kappa shape index (κ3) is 6.66. The summed E-state index contributed by atoms with van der Waals surface area (Å²) in [7, 11) is 0. The van der Waals surface area contributed by atoms with Gasteiger partial charge in [0, 0.05) is 23.4 Å². The molecule has 0 unspecified atom stereocenters. The predicted molar refractivity (Wildman–Crippen MR) is 95.3 cm³/mol. The summed E-state index contributed by atoms with van der Waals surface area (Å²) in [5.74, 6) is 0. The molecule has 2 N–H and O–H groups in total. The van der Waals surface area contributed by atoms with Gasteiger partial charge in [0.25, 0.3) is 0 Å². The van der Waals surface area contributed by atoms with E-state index in [9.17, 15) is 4.79 Å². The molecule has 0 atom stereocenters. The van der Waals surface area contributed by atoms with E-state index in [4.69, 9.17) is 9.47 Å². The Labute approximate surface area is 146 Å². The maximum atomic E-state index is 12.0. The van der Waals surface area contributed by atoms with Crippen LogP contribution in [0.25, 0.3) is 0 Å². The van der Waals surface area contributed by atoms with Crippen LogP contribution < -0.4 is 10.6 Å². The molecular formula is C17H23N3O3S. The van der Waals surface area contributed by atoms with Crippen molar-refractivity contribution in [3.05, 3.63) is 45.9 Å². The lowest BCUT2D eigenvalue weighted by Gasteiger charge is -2.09. The number of hydrogen-bond acceptors (Lipinski definition) is 5. The van der Waals surface area contributed by atoms with Gasteiger partial charge in [0.05, 0.1) is 31.4 Å². The minimum Gasteiger partial charge on any atom is -0.379 e. The van der Waals surface area contributed by atoms with Crippen molar-refractivity contribution in [2.24, 2.45) is 0 Å². The van der Waals surface area contributed by atoms with Crippen LogP contribution in [0.15, 0.2) is 30.5 Å². The van der Waals surface area contributed by atoms with E-state index in [-0.39, 0.29) is 6.03 Å². The van der Waals surface area contributed by atoms with Crippen LogP contribution in [0.1, 0.15) is 22.4 Å². The van der Waals surface area contributed by atoms with Crippen LogP contribution in [0, 0.1) is 6.92 Å². The molecule has 0 bridgehead atoms. The Morgan fingerprint density at radius 3 is 2.88 bits per heavy atom. The highest BCUT2D eigenvalue weighted by atomic mass is 32.1. The summed E-state index contributed by atoms with van der Waals surface area (Å²) in [4.78, 5) is 17.1. The lowest BCUT2D eigenvalue weighted by Crippen LogP contribution is -2.27. The van der Waals surface area contributed by atoms with Gasteiger partial charge in [-0.25, -0.2) is 9.78 Å². The molecule has 0 spiro atoms. The van der Waals surface area contributed by atoms with Gasteiger partial charge in [0.2, 0.25) is 0 Å². The van der Waals surface area contributed by atoms with Gasteiger partial charge in [-0.3, -0.25) is 0 Å². The highest BCUT2D eigenvalue weighted by Crippen LogP contribution is 2.13. The van der Waals surface area contributed by atoms with Gasteiger partial charge >= 0.3 is 6.03 Å². The first-order valence-electron chi connectivity index (χ1n) is 7.88. The Balaban J connectivity index is 1.75.